The first-order valence-electron chi connectivity index (χ1n) is 8.05. The van der Waals surface area contributed by atoms with E-state index >= 15 is 0 Å². The predicted octanol–water partition coefficient (Wildman–Crippen LogP) is 0.941. The molecule has 6 heteroatoms. The third-order valence-electron chi connectivity index (χ3n) is 4.98. The van der Waals surface area contributed by atoms with Gasteiger partial charge in [-0.1, -0.05) is 0 Å². The van der Waals surface area contributed by atoms with Crippen molar-refractivity contribution in [2.75, 3.05) is 26.4 Å². The van der Waals surface area contributed by atoms with Gasteiger partial charge < -0.3 is 24.3 Å². The van der Waals surface area contributed by atoms with Crippen molar-refractivity contribution < 1.29 is 23.7 Å². The Kier molecular flexibility index (Phi) is 3.45. The molecule has 118 valence electrons. The average molecular weight is 297 g/mol. The normalized spacial score (nSPS) is 33.6. The molecule has 4 fully saturated rings. The van der Waals surface area contributed by atoms with Crippen molar-refractivity contribution in [2.24, 2.45) is 5.92 Å². The topological polar surface area (TPSA) is 66.0 Å². The van der Waals surface area contributed by atoms with Gasteiger partial charge in [-0.25, -0.2) is 0 Å². The number of carbonyl (C=O) groups excluding carboxylic acids is 1. The lowest BCUT2D eigenvalue weighted by Gasteiger charge is -2.46. The number of nitrogens with one attached hydrogen (secondary N) is 1. The zero-order valence-electron chi connectivity index (χ0n) is 12.3. The first kappa shape index (κ1) is 13.9. The van der Waals surface area contributed by atoms with E-state index in [1.165, 1.54) is 0 Å². The van der Waals surface area contributed by atoms with Gasteiger partial charge in [0.1, 0.15) is 0 Å². The summed E-state index contributed by atoms with van der Waals surface area (Å²) in [5.74, 6) is -1.07. The largest absolute Gasteiger partial charge is 0.353 e. The number of rotatable bonds is 3. The molecule has 0 aromatic rings. The van der Waals surface area contributed by atoms with E-state index in [1.807, 2.05) is 0 Å². The summed E-state index contributed by atoms with van der Waals surface area (Å²) in [5, 5.41) is 3.06. The fraction of sp³-hybridized carbons (Fsp3) is 0.933. The van der Waals surface area contributed by atoms with E-state index in [1.54, 1.807) is 0 Å². The fourth-order valence-electron chi connectivity index (χ4n) is 3.77. The van der Waals surface area contributed by atoms with Gasteiger partial charge in [0.15, 0.2) is 11.6 Å². The summed E-state index contributed by atoms with van der Waals surface area (Å²) in [6.45, 7) is 2.42. The van der Waals surface area contributed by atoms with Crippen LogP contribution in [-0.4, -0.2) is 50.0 Å². The van der Waals surface area contributed by atoms with Crippen LogP contribution in [0.2, 0.25) is 0 Å². The van der Waals surface area contributed by atoms with Crippen LogP contribution < -0.4 is 5.32 Å². The summed E-state index contributed by atoms with van der Waals surface area (Å²) in [4.78, 5) is 12.1. The highest BCUT2D eigenvalue weighted by atomic mass is 16.8. The van der Waals surface area contributed by atoms with Crippen molar-refractivity contribution in [1.29, 1.82) is 0 Å². The van der Waals surface area contributed by atoms with Crippen LogP contribution in [0, 0.1) is 5.92 Å². The summed E-state index contributed by atoms with van der Waals surface area (Å²) >= 11 is 0. The summed E-state index contributed by atoms with van der Waals surface area (Å²) in [6.07, 6.45) is 4.90. The van der Waals surface area contributed by atoms with Crippen molar-refractivity contribution >= 4 is 5.91 Å². The Labute approximate surface area is 124 Å². The third kappa shape index (κ3) is 2.70. The number of hydrogen-bond donors (Lipinski definition) is 1. The van der Waals surface area contributed by atoms with Crippen molar-refractivity contribution in [3.05, 3.63) is 0 Å². The minimum Gasteiger partial charge on any atom is -0.353 e. The van der Waals surface area contributed by atoms with E-state index < -0.39 is 11.6 Å². The van der Waals surface area contributed by atoms with Crippen molar-refractivity contribution in [1.82, 2.24) is 5.32 Å². The fourth-order valence-corrected chi connectivity index (χ4v) is 3.77. The van der Waals surface area contributed by atoms with Crippen LogP contribution in [0.5, 0.6) is 0 Å². The Hall–Kier alpha value is -0.690. The minimum absolute atomic E-state index is 0.0807. The zero-order chi connectivity index (χ0) is 14.3. The zero-order valence-corrected chi connectivity index (χ0v) is 12.3. The molecule has 1 amide bonds. The van der Waals surface area contributed by atoms with E-state index in [-0.39, 0.29) is 11.8 Å². The standard InChI is InChI=1S/C15H23NO5/c17-13(16-12-1-2-12)9-11-3-4-14(18-5-6-19-14)10-15(11)20-7-8-21-15/h11-12H,1-10H2,(H,16,17). The highest BCUT2D eigenvalue weighted by Crippen LogP contribution is 2.49. The third-order valence-corrected chi connectivity index (χ3v) is 4.98. The lowest BCUT2D eigenvalue weighted by atomic mass is 9.77. The van der Waals surface area contributed by atoms with Gasteiger partial charge in [-0.05, 0) is 19.3 Å². The predicted molar refractivity (Wildman–Crippen MR) is 72.4 cm³/mol. The Morgan fingerprint density at radius 2 is 1.67 bits per heavy atom. The number of amides is 1. The second-order valence-corrected chi connectivity index (χ2v) is 6.57. The molecule has 1 unspecified atom stereocenters. The molecule has 0 aromatic heterocycles. The van der Waals surface area contributed by atoms with Gasteiger partial charge in [-0.15, -0.1) is 0 Å². The molecule has 2 spiro atoms. The monoisotopic (exact) mass is 297 g/mol. The first-order chi connectivity index (χ1) is 10.2. The van der Waals surface area contributed by atoms with Crippen LogP contribution in [0.25, 0.3) is 0 Å². The van der Waals surface area contributed by atoms with Gasteiger partial charge in [0.05, 0.1) is 32.8 Å². The highest BCUT2D eigenvalue weighted by molar-refractivity contribution is 5.77. The second kappa shape index (κ2) is 5.19. The number of hydrogen-bond acceptors (Lipinski definition) is 5. The van der Waals surface area contributed by atoms with Crippen LogP contribution in [-0.2, 0) is 23.7 Å². The number of carbonyl (C=O) groups is 1. The van der Waals surface area contributed by atoms with E-state index in [2.05, 4.69) is 5.32 Å². The molecule has 2 aliphatic carbocycles. The summed E-state index contributed by atoms with van der Waals surface area (Å²) in [6, 6.07) is 0.398. The summed E-state index contributed by atoms with van der Waals surface area (Å²) in [5.41, 5.74) is 0. The molecule has 1 N–H and O–H groups in total. The molecule has 2 aliphatic heterocycles. The van der Waals surface area contributed by atoms with Gasteiger partial charge in [-0.3, -0.25) is 4.79 Å². The molecule has 21 heavy (non-hydrogen) atoms. The van der Waals surface area contributed by atoms with Crippen molar-refractivity contribution in [3.8, 4) is 0 Å². The van der Waals surface area contributed by atoms with E-state index in [0.717, 1.165) is 25.7 Å². The van der Waals surface area contributed by atoms with Crippen LogP contribution in [0.3, 0.4) is 0 Å². The number of ether oxygens (including phenoxy) is 4. The molecule has 2 saturated carbocycles. The molecule has 0 aromatic carbocycles. The molecule has 4 rings (SSSR count). The molecule has 2 saturated heterocycles. The Morgan fingerprint density at radius 1 is 1.00 bits per heavy atom. The highest BCUT2D eigenvalue weighted by Gasteiger charge is 2.57. The van der Waals surface area contributed by atoms with Gasteiger partial charge in [-0.2, -0.15) is 0 Å². The first-order valence-corrected chi connectivity index (χ1v) is 8.05. The van der Waals surface area contributed by atoms with Crippen molar-refractivity contribution in [3.63, 3.8) is 0 Å². The molecule has 0 bridgehead atoms. The van der Waals surface area contributed by atoms with E-state index in [4.69, 9.17) is 18.9 Å². The Balaban J connectivity index is 1.46. The molecule has 1 atom stereocenters. The molecular formula is C15H23NO5. The van der Waals surface area contributed by atoms with Crippen LogP contribution in [0.1, 0.15) is 38.5 Å². The van der Waals surface area contributed by atoms with E-state index in [0.29, 0.717) is 45.3 Å². The molecule has 0 radical (unpaired) electrons. The average Bonchev–Trinajstić information content (AvgIpc) is 2.98. The minimum atomic E-state index is -0.705. The van der Waals surface area contributed by atoms with Crippen LogP contribution in [0.4, 0.5) is 0 Å². The van der Waals surface area contributed by atoms with Gasteiger partial charge >= 0.3 is 0 Å². The smallest absolute Gasteiger partial charge is 0.220 e. The van der Waals surface area contributed by atoms with Gasteiger partial charge in [0.25, 0.3) is 0 Å². The lowest BCUT2D eigenvalue weighted by Crippen LogP contribution is -2.53. The molecule has 2 heterocycles. The van der Waals surface area contributed by atoms with Crippen LogP contribution in [0.15, 0.2) is 0 Å². The molecular weight excluding hydrogens is 274 g/mol. The summed E-state index contributed by atoms with van der Waals surface area (Å²) in [7, 11) is 0. The lowest BCUT2D eigenvalue weighted by molar-refractivity contribution is -0.295. The molecule has 4 aliphatic rings. The van der Waals surface area contributed by atoms with Crippen molar-refractivity contribution in [2.45, 2.75) is 56.1 Å². The Morgan fingerprint density at radius 3 is 2.33 bits per heavy atom. The maximum atomic E-state index is 12.1. The van der Waals surface area contributed by atoms with Gasteiger partial charge in [0.2, 0.25) is 5.91 Å². The Bertz CT molecular complexity index is 410. The SMILES string of the molecule is O=C(CC1CCC2(CC13OCCO3)OCCO2)NC1CC1. The molecule has 6 nitrogen and oxygen atoms in total. The van der Waals surface area contributed by atoms with E-state index in [9.17, 15) is 4.79 Å². The second-order valence-electron chi connectivity index (χ2n) is 6.57. The van der Waals surface area contributed by atoms with Crippen LogP contribution >= 0.6 is 0 Å². The summed E-state index contributed by atoms with van der Waals surface area (Å²) < 4.78 is 23.5. The maximum absolute atomic E-state index is 12.1. The van der Waals surface area contributed by atoms with Gasteiger partial charge in [0, 0.05) is 24.8 Å². The quantitative estimate of drug-likeness (QED) is 0.840. The maximum Gasteiger partial charge on any atom is 0.220 e.